The van der Waals surface area contributed by atoms with E-state index in [1.54, 1.807) is 0 Å². The van der Waals surface area contributed by atoms with Crippen LogP contribution in [0.1, 0.15) is 41.0 Å². The van der Waals surface area contributed by atoms with Gasteiger partial charge in [-0.2, -0.15) is 4.72 Å². The molecule has 0 bridgehead atoms. The van der Waals surface area contributed by atoms with Gasteiger partial charge in [0.05, 0.1) is 6.04 Å². The quantitative estimate of drug-likeness (QED) is 0.719. The molecule has 0 radical (unpaired) electrons. The van der Waals surface area contributed by atoms with Crippen LogP contribution in [-0.2, 0) is 14.8 Å². The lowest BCUT2D eigenvalue weighted by Crippen LogP contribution is -2.57. The summed E-state index contributed by atoms with van der Waals surface area (Å²) in [5, 5.41) is 2.84. The van der Waals surface area contributed by atoms with E-state index in [4.69, 9.17) is 0 Å². The number of halogens is 1. The molecule has 0 aliphatic carbocycles. The Morgan fingerprint density at radius 2 is 1.82 bits per heavy atom. The minimum atomic E-state index is -4.12. The second-order valence-corrected chi connectivity index (χ2v) is 10.3. The molecule has 1 amide bonds. The van der Waals surface area contributed by atoms with Crippen LogP contribution < -0.4 is 10.0 Å². The van der Waals surface area contributed by atoms with E-state index in [1.807, 2.05) is 0 Å². The zero-order valence-corrected chi connectivity index (χ0v) is 18.1. The number of nitrogens with zero attached hydrogens (tertiary/aromatic N) is 1. The summed E-state index contributed by atoms with van der Waals surface area (Å²) in [5.41, 5.74) is -0.247. The number of hydrogen-bond acceptors (Lipinski definition) is 4. The fourth-order valence-corrected chi connectivity index (χ4v) is 5.02. The van der Waals surface area contributed by atoms with Crippen molar-refractivity contribution >= 4 is 15.9 Å². The molecule has 0 saturated carbocycles. The van der Waals surface area contributed by atoms with Gasteiger partial charge in [-0.25, -0.2) is 12.8 Å². The SMILES string of the molecule is CC1CC(C)CN(C(C)(C)CNC(=O)[C@H](C)NS(=O)(=O)c2ccccc2F)C1. The van der Waals surface area contributed by atoms with E-state index >= 15 is 0 Å². The highest BCUT2D eigenvalue weighted by Gasteiger charge is 2.33. The molecule has 1 aliphatic heterocycles. The van der Waals surface area contributed by atoms with Gasteiger partial charge in [-0.15, -0.1) is 0 Å². The molecule has 2 unspecified atom stereocenters. The second kappa shape index (κ2) is 8.88. The van der Waals surface area contributed by atoms with Crippen LogP contribution in [0.3, 0.4) is 0 Å². The standard InChI is InChI=1S/C20H32FN3O3S/c1-14-10-15(2)12-24(11-14)20(4,5)13-22-19(25)16(3)23-28(26,27)18-9-7-6-8-17(18)21/h6-9,14-16,23H,10-13H2,1-5H3,(H,22,25)/t14?,15?,16-/m0/s1. The molecular formula is C20H32FN3O3S. The summed E-state index contributed by atoms with van der Waals surface area (Å²) in [5.74, 6) is -0.0846. The molecule has 6 nitrogen and oxygen atoms in total. The number of piperidine rings is 1. The van der Waals surface area contributed by atoms with E-state index in [0.29, 0.717) is 18.4 Å². The molecule has 158 valence electrons. The Bertz CT molecular complexity index is 788. The lowest BCUT2D eigenvalue weighted by atomic mass is 9.88. The Balaban J connectivity index is 1.96. The van der Waals surface area contributed by atoms with Crippen molar-refractivity contribution in [1.82, 2.24) is 14.9 Å². The number of carbonyl (C=O) groups excluding carboxylic acids is 1. The highest BCUT2D eigenvalue weighted by molar-refractivity contribution is 7.89. The molecule has 8 heteroatoms. The molecule has 0 spiro atoms. The van der Waals surface area contributed by atoms with Crippen LogP contribution in [0, 0.1) is 17.7 Å². The van der Waals surface area contributed by atoms with Crippen molar-refractivity contribution in [2.45, 2.75) is 57.5 Å². The number of likely N-dealkylation sites (tertiary alicyclic amines) is 1. The third kappa shape index (κ3) is 5.75. The van der Waals surface area contributed by atoms with Crippen molar-refractivity contribution < 1.29 is 17.6 Å². The van der Waals surface area contributed by atoms with Crippen LogP contribution in [-0.4, -0.2) is 50.4 Å². The first-order chi connectivity index (χ1) is 12.9. The van der Waals surface area contributed by atoms with Crippen molar-refractivity contribution in [2.75, 3.05) is 19.6 Å². The maximum Gasteiger partial charge on any atom is 0.244 e. The molecule has 28 heavy (non-hydrogen) atoms. The van der Waals surface area contributed by atoms with Gasteiger partial charge in [0.15, 0.2) is 0 Å². The van der Waals surface area contributed by atoms with Crippen LogP contribution >= 0.6 is 0 Å². The highest BCUT2D eigenvalue weighted by Crippen LogP contribution is 2.26. The van der Waals surface area contributed by atoms with Gasteiger partial charge in [0, 0.05) is 25.2 Å². The summed E-state index contributed by atoms with van der Waals surface area (Å²) in [4.78, 5) is 14.4. The summed E-state index contributed by atoms with van der Waals surface area (Å²) in [7, 11) is -4.12. The number of rotatable bonds is 7. The average molecular weight is 414 g/mol. The predicted molar refractivity (Wildman–Crippen MR) is 108 cm³/mol. The number of sulfonamides is 1. The van der Waals surface area contributed by atoms with E-state index in [1.165, 1.54) is 31.5 Å². The monoisotopic (exact) mass is 413 g/mol. The molecule has 2 rings (SSSR count). The summed E-state index contributed by atoms with van der Waals surface area (Å²) in [6, 6.07) is 4.08. The second-order valence-electron chi connectivity index (χ2n) is 8.65. The number of hydrogen-bond donors (Lipinski definition) is 2. The van der Waals surface area contributed by atoms with Gasteiger partial charge in [0.25, 0.3) is 0 Å². The van der Waals surface area contributed by atoms with Crippen LogP contribution in [0.4, 0.5) is 4.39 Å². The first kappa shape index (κ1) is 22.8. The average Bonchev–Trinajstić information content (AvgIpc) is 2.58. The van der Waals surface area contributed by atoms with Gasteiger partial charge >= 0.3 is 0 Å². The summed E-state index contributed by atoms with van der Waals surface area (Å²) >= 11 is 0. The maximum atomic E-state index is 13.8. The van der Waals surface area contributed by atoms with Gasteiger partial charge < -0.3 is 5.32 Å². The van der Waals surface area contributed by atoms with Gasteiger partial charge in [0.2, 0.25) is 15.9 Å². The largest absolute Gasteiger partial charge is 0.353 e. The molecule has 1 fully saturated rings. The molecule has 1 saturated heterocycles. The topological polar surface area (TPSA) is 78.5 Å². The molecule has 0 aromatic heterocycles. The Labute approximate surface area is 167 Å². The molecule has 1 aromatic rings. The first-order valence-electron chi connectivity index (χ1n) is 9.72. The van der Waals surface area contributed by atoms with Crippen molar-refractivity contribution in [3.8, 4) is 0 Å². The summed E-state index contributed by atoms with van der Waals surface area (Å²) in [6.45, 7) is 12.4. The minimum Gasteiger partial charge on any atom is -0.353 e. The predicted octanol–water partition coefficient (Wildman–Crippen LogP) is 2.37. The third-order valence-electron chi connectivity index (χ3n) is 5.27. The summed E-state index contributed by atoms with van der Waals surface area (Å²) in [6.07, 6.45) is 1.20. The Kier molecular flexibility index (Phi) is 7.22. The molecular weight excluding hydrogens is 381 g/mol. The Morgan fingerprint density at radius 3 is 2.39 bits per heavy atom. The van der Waals surface area contributed by atoms with E-state index in [0.717, 1.165) is 19.2 Å². The number of nitrogens with one attached hydrogen (secondary N) is 2. The van der Waals surface area contributed by atoms with Crippen LogP contribution in [0.5, 0.6) is 0 Å². The normalized spacial score (nSPS) is 22.6. The highest BCUT2D eigenvalue weighted by atomic mass is 32.2. The Hall–Kier alpha value is -1.51. The smallest absolute Gasteiger partial charge is 0.244 e. The van der Waals surface area contributed by atoms with Crippen LogP contribution in [0.2, 0.25) is 0 Å². The van der Waals surface area contributed by atoms with Crippen LogP contribution in [0.15, 0.2) is 29.2 Å². The molecule has 1 aliphatic rings. The van der Waals surface area contributed by atoms with Crippen molar-refractivity contribution in [1.29, 1.82) is 0 Å². The van der Waals surface area contributed by atoms with Crippen LogP contribution in [0.25, 0.3) is 0 Å². The van der Waals surface area contributed by atoms with Gasteiger partial charge in [-0.3, -0.25) is 9.69 Å². The number of benzene rings is 1. The lowest BCUT2D eigenvalue weighted by molar-refractivity contribution is -0.123. The van der Waals surface area contributed by atoms with Gasteiger partial charge in [0.1, 0.15) is 10.7 Å². The summed E-state index contributed by atoms with van der Waals surface area (Å²) < 4.78 is 40.7. The number of amides is 1. The molecule has 3 atom stereocenters. The van der Waals surface area contributed by atoms with Gasteiger partial charge in [-0.05, 0) is 51.2 Å². The van der Waals surface area contributed by atoms with Gasteiger partial charge in [-0.1, -0.05) is 26.0 Å². The van der Waals surface area contributed by atoms with Crippen molar-refractivity contribution in [3.63, 3.8) is 0 Å². The zero-order valence-electron chi connectivity index (χ0n) is 17.3. The van der Waals surface area contributed by atoms with E-state index in [2.05, 4.69) is 42.6 Å². The van der Waals surface area contributed by atoms with E-state index in [-0.39, 0.29) is 5.54 Å². The fourth-order valence-electron chi connectivity index (χ4n) is 3.74. The fraction of sp³-hybridized carbons (Fsp3) is 0.650. The lowest BCUT2D eigenvalue weighted by Gasteiger charge is -2.45. The first-order valence-corrected chi connectivity index (χ1v) is 11.2. The minimum absolute atomic E-state index is 0.247. The van der Waals surface area contributed by atoms with Crippen molar-refractivity contribution in [3.05, 3.63) is 30.1 Å². The Morgan fingerprint density at radius 1 is 1.25 bits per heavy atom. The molecule has 1 heterocycles. The maximum absolute atomic E-state index is 13.8. The molecule has 1 aromatic carbocycles. The van der Waals surface area contributed by atoms with E-state index in [9.17, 15) is 17.6 Å². The van der Waals surface area contributed by atoms with Crippen molar-refractivity contribution in [2.24, 2.45) is 11.8 Å². The third-order valence-corrected chi connectivity index (χ3v) is 6.85. The molecule has 2 N–H and O–H groups in total. The zero-order chi connectivity index (χ0) is 21.1. The van der Waals surface area contributed by atoms with E-state index < -0.39 is 32.7 Å². The number of carbonyl (C=O) groups is 1.